The smallest absolute Gasteiger partial charge is 0.119 e. The number of benzene rings is 3. The number of hydrogen-bond acceptors (Lipinski definition) is 4. The molecule has 4 nitrogen and oxygen atoms in total. The Bertz CT molecular complexity index is 1150. The van der Waals surface area contributed by atoms with Gasteiger partial charge in [0.2, 0.25) is 0 Å². The van der Waals surface area contributed by atoms with Gasteiger partial charge in [0, 0.05) is 18.9 Å². The van der Waals surface area contributed by atoms with Gasteiger partial charge in [0.15, 0.2) is 0 Å². The van der Waals surface area contributed by atoms with E-state index >= 15 is 0 Å². The molecule has 1 fully saturated rings. The molecule has 36 heavy (non-hydrogen) atoms. The van der Waals surface area contributed by atoms with Gasteiger partial charge in [-0.25, -0.2) is 0 Å². The van der Waals surface area contributed by atoms with Gasteiger partial charge in [0.05, 0.1) is 6.61 Å². The summed E-state index contributed by atoms with van der Waals surface area (Å²) in [5.41, 5.74) is 3.33. The van der Waals surface area contributed by atoms with Crippen LogP contribution in [0.15, 0.2) is 109 Å². The van der Waals surface area contributed by atoms with Crippen molar-refractivity contribution in [3.05, 3.63) is 121 Å². The predicted molar refractivity (Wildman–Crippen MR) is 145 cm³/mol. The number of likely N-dealkylation sites (tertiary alicyclic amines) is 1. The van der Waals surface area contributed by atoms with E-state index in [0.29, 0.717) is 6.61 Å². The van der Waals surface area contributed by atoms with Crippen LogP contribution in [-0.2, 0) is 5.60 Å². The highest BCUT2D eigenvalue weighted by Crippen LogP contribution is 2.41. The van der Waals surface area contributed by atoms with Crippen LogP contribution in [0.1, 0.15) is 30.4 Å². The summed E-state index contributed by atoms with van der Waals surface area (Å²) < 4.78 is 6.00. The molecule has 1 saturated heterocycles. The van der Waals surface area contributed by atoms with Gasteiger partial charge in [-0.05, 0) is 84.8 Å². The highest BCUT2D eigenvalue weighted by Gasteiger charge is 2.41. The van der Waals surface area contributed by atoms with E-state index in [2.05, 4.69) is 46.3 Å². The van der Waals surface area contributed by atoms with E-state index in [1.54, 1.807) is 0 Å². The van der Waals surface area contributed by atoms with Gasteiger partial charge >= 0.3 is 0 Å². The second-order valence-corrected chi connectivity index (χ2v) is 9.58. The summed E-state index contributed by atoms with van der Waals surface area (Å²) in [6.45, 7) is 3.70. The Morgan fingerprint density at radius 2 is 1.31 bits per heavy atom. The van der Waals surface area contributed by atoms with Crippen LogP contribution < -0.4 is 4.74 Å². The normalized spacial score (nSPS) is 15.0. The Labute approximate surface area is 214 Å². The van der Waals surface area contributed by atoms with Crippen molar-refractivity contribution < 1.29 is 9.84 Å². The van der Waals surface area contributed by atoms with Gasteiger partial charge < -0.3 is 14.7 Å². The molecule has 5 rings (SSSR count). The molecular weight excluding hydrogens is 444 g/mol. The first-order valence-corrected chi connectivity index (χ1v) is 12.9. The van der Waals surface area contributed by atoms with Crippen molar-refractivity contribution >= 4 is 0 Å². The molecule has 2 heterocycles. The molecule has 0 saturated carbocycles. The Hall–Kier alpha value is -3.47. The molecule has 4 aromatic rings. The maximum Gasteiger partial charge on any atom is 0.119 e. The number of rotatable bonds is 9. The molecule has 0 amide bonds. The van der Waals surface area contributed by atoms with E-state index in [-0.39, 0.29) is 5.92 Å². The van der Waals surface area contributed by atoms with Gasteiger partial charge in [-0.1, -0.05) is 72.8 Å². The molecule has 0 spiro atoms. The highest BCUT2D eigenvalue weighted by atomic mass is 16.5. The maximum absolute atomic E-state index is 12.1. The maximum atomic E-state index is 12.1. The van der Waals surface area contributed by atoms with E-state index < -0.39 is 5.60 Å². The van der Waals surface area contributed by atoms with Crippen molar-refractivity contribution in [2.75, 3.05) is 26.2 Å². The highest BCUT2D eigenvalue weighted by molar-refractivity contribution is 5.63. The second-order valence-electron chi connectivity index (χ2n) is 9.58. The third kappa shape index (κ3) is 5.51. The van der Waals surface area contributed by atoms with Crippen molar-refractivity contribution in [1.82, 2.24) is 9.88 Å². The summed E-state index contributed by atoms with van der Waals surface area (Å²) in [4.78, 5) is 6.58. The molecule has 0 unspecified atom stereocenters. The van der Waals surface area contributed by atoms with Crippen LogP contribution in [0.25, 0.3) is 11.1 Å². The third-order valence-electron chi connectivity index (χ3n) is 7.36. The molecule has 0 bridgehead atoms. The Kier molecular flexibility index (Phi) is 7.75. The van der Waals surface area contributed by atoms with Crippen LogP contribution in [0.5, 0.6) is 5.75 Å². The molecular formula is C32H34N2O2. The average Bonchev–Trinajstić information content (AvgIpc) is 2.97. The molecule has 0 atom stereocenters. The topological polar surface area (TPSA) is 45.6 Å². The molecule has 1 aromatic heterocycles. The minimum atomic E-state index is -0.958. The fourth-order valence-corrected chi connectivity index (χ4v) is 5.36. The molecule has 0 aliphatic carbocycles. The molecule has 4 heteroatoms. The summed E-state index contributed by atoms with van der Waals surface area (Å²) in [6, 6.07) is 32.6. The Balaban J connectivity index is 1.12. The number of piperidine rings is 1. The summed E-state index contributed by atoms with van der Waals surface area (Å²) in [5.74, 6) is 1.09. The Morgan fingerprint density at radius 3 is 1.89 bits per heavy atom. The predicted octanol–water partition coefficient (Wildman–Crippen LogP) is 6.17. The lowest BCUT2D eigenvalue weighted by Crippen LogP contribution is -2.44. The number of aliphatic hydroxyl groups is 1. The first kappa shape index (κ1) is 24.2. The van der Waals surface area contributed by atoms with Gasteiger partial charge in [-0.2, -0.15) is 0 Å². The lowest BCUT2D eigenvalue weighted by molar-refractivity contribution is -0.0146. The van der Waals surface area contributed by atoms with Gasteiger partial charge in [-0.3, -0.25) is 4.98 Å². The Morgan fingerprint density at radius 1 is 0.750 bits per heavy atom. The second kappa shape index (κ2) is 11.5. The van der Waals surface area contributed by atoms with Crippen LogP contribution in [0.4, 0.5) is 0 Å². The van der Waals surface area contributed by atoms with Crippen molar-refractivity contribution in [1.29, 1.82) is 0 Å². The summed E-state index contributed by atoms with van der Waals surface area (Å²) in [6.07, 6.45) is 6.55. The van der Waals surface area contributed by atoms with Crippen molar-refractivity contribution in [2.24, 2.45) is 5.92 Å². The summed E-state index contributed by atoms with van der Waals surface area (Å²) >= 11 is 0. The first-order chi connectivity index (χ1) is 17.7. The summed E-state index contributed by atoms with van der Waals surface area (Å²) in [7, 11) is 0. The largest absolute Gasteiger partial charge is 0.494 e. The zero-order valence-corrected chi connectivity index (χ0v) is 20.7. The minimum Gasteiger partial charge on any atom is -0.494 e. The molecule has 1 aliphatic heterocycles. The van der Waals surface area contributed by atoms with Crippen LogP contribution >= 0.6 is 0 Å². The number of ether oxygens (including phenoxy) is 1. The molecule has 3 aromatic carbocycles. The SMILES string of the molecule is OC(c1ccccc1)(c1ccccc1)C1CCN(CCCOc2ccc(-c3ccncc3)cc2)CC1. The minimum absolute atomic E-state index is 0.189. The van der Waals surface area contributed by atoms with Crippen molar-refractivity contribution in [2.45, 2.75) is 24.9 Å². The van der Waals surface area contributed by atoms with Crippen molar-refractivity contribution in [3.63, 3.8) is 0 Å². The number of aromatic nitrogens is 1. The third-order valence-corrected chi connectivity index (χ3v) is 7.36. The van der Waals surface area contributed by atoms with E-state index in [1.807, 2.05) is 73.1 Å². The van der Waals surface area contributed by atoms with Gasteiger partial charge in [-0.15, -0.1) is 0 Å². The molecule has 1 N–H and O–H groups in total. The van der Waals surface area contributed by atoms with Crippen LogP contribution in [0.2, 0.25) is 0 Å². The standard InChI is InChI=1S/C32H34N2O2/c35-32(28-8-3-1-4-9-28,29-10-5-2-6-11-29)30-18-23-34(24-19-30)22-7-25-36-31-14-12-26(13-15-31)27-16-20-33-21-17-27/h1-6,8-17,20-21,30,35H,7,18-19,22-25H2. The quantitative estimate of drug-likeness (QED) is 0.292. The molecule has 0 radical (unpaired) electrons. The fraction of sp³-hybridized carbons (Fsp3) is 0.281. The van der Waals surface area contributed by atoms with Crippen molar-refractivity contribution in [3.8, 4) is 16.9 Å². The lowest BCUT2D eigenvalue weighted by Gasteiger charge is -2.42. The summed E-state index contributed by atoms with van der Waals surface area (Å²) in [5, 5.41) is 12.1. The molecule has 184 valence electrons. The molecule has 1 aliphatic rings. The van der Waals surface area contributed by atoms with Crippen LogP contribution in [0, 0.1) is 5.92 Å². The zero-order chi connectivity index (χ0) is 24.6. The fourth-order valence-electron chi connectivity index (χ4n) is 5.36. The average molecular weight is 479 g/mol. The number of hydrogen-bond donors (Lipinski definition) is 1. The van der Waals surface area contributed by atoms with Crippen LogP contribution in [-0.4, -0.2) is 41.2 Å². The van der Waals surface area contributed by atoms with E-state index in [0.717, 1.165) is 61.3 Å². The number of pyridine rings is 1. The first-order valence-electron chi connectivity index (χ1n) is 12.9. The van der Waals surface area contributed by atoms with Gasteiger partial charge in [0.25, 0.3) is 0 Å². The van der Waals surface area contributed by atoms with E-state index in [9.17, 15) is 5.11 Å². The van der Waals surface area contributed by atoms with E-state index in [1.165, 1.54) is 5.56 Å². The van der Waals surface area contributed by atoms with E-state index in [4.69, 9.17) is 4.74 Å². The van der Waals surface area contributed by atoms with Gasteiger partial charge in [0.1, 0.15) is 11.4 Å². The number of nitrogens with zero attached hydrogens (tertiary/aromatic N) is 2. The zero-order valence-electron chi connectivity index (χ0n) is 20.7. The van der Waals surface area contributed by atoms with Crippen LogP contribution in [0.3, 0.4) is 0 Å². The monoisotopic (exact) mass is 478 g/mol. The lowest BCUT2D eigenvalue weighted by atomic mass is 9.72.